The largest absolute Gasteiger partial charge is 0.361 e. The van der Waals surface area contributed by atoms with Crippen LogP contribution >= 0.6 is 15.9 Å². The van der Waals surface area contributed by atoms with Crippen LogP contribution in [0, 0.1) is 6.92 Å². The number of aromatic nitrogens is 1. The molecule has 0 aliphatic rings. The molecular formula is C20H20BrN3O2. The number of H-pyrrole nitrogens is 1. The summed E-state index contributed by atoms with van der Waals surface area (Å²) in [7, 11) is 0. The van der Waals surface area contributed by atoms with Gasteiger partial charge >= 0.3 is 0 Å². The number of carbonyl (C=O) groups excluding carboxylic acids is 2. The van der Waals surface area contributed by atoms with Gasteiger partial charge in [0, 0.05) is 33.7 Å². The summed E-state index contributed by atoms with van der Waals surface area (Å²) in [5, 5.41) is 6.61. The predicted molar refractivity (Wildman–Crippen MR) is 107 cm³/mol. The lowest BCUT2D eigenvalue weighted by Gasteiger charge is -2.09. The average Bonchev–Trinajstić information content (AvgIpc) is 3.04. The molecule has 3 N–H and O–H groups in total. The van der Waals surface area contributed by atoms with Gasteiger partial charge in [0.1, 0.15) is 0 Å². The average molecular weight is 414 g/mol. The van der Waals surface area contributed by atoms with Crippen LogP contribution in [-0.2, 0) is 16.0 Å². The Balaban J connectivity index is 1.47. The fourth-order valence-electron chi connectivity index (χ4n) is 2.82. The van der Waals surface area contributed by atoms with Crippen LogP contribution in [0.3, 0.4) is 0 Å². The molecule has 134 valence electrons. The Morgan fingerprint density at radius 1 is 1.12 bits per heavy atom. The molecule has 26 heavy (non-hydrogen) atoms. The second-order valence-electron chi connectivity index (χ2n) is 6.14. The highest BCUT2D eigenvalue weighted by molar-refractivity contribution is 9.10. The monoisotopic (exact) mass is 413 g/mol. The van der Waals surface area contributed by atoms with Gasteiger partial charge in [0.2, 0.25) is 11.8 Å². The number of rotatable bonds is 6. The van der Waals surface area contributed by atoms with E-state index in [1.165, 1.54) is 0 Å². The maximum Gasteiger partial charge on any atom is 0.243 e. The van der Waals surface area contributed by atoms with E-state index >= 15 is 0 Å². The molecule has 0 bridgehead atoms. The third-order valence-electron chi connectivity index (χ3n) is 4.20. The highest BCUT2D eigenvalue weighted by Gasteiger charge is 2.09. The van der Waals surface area contributed by atoms with E-state index in [1.807, 2.05) is 55.6 Å². The Hall–Kier alpha value is -2.60. The first-order chi connectivity index (χ1) is 12.5. The first-order valence-corrected chi connectivity index (χ1v) is 9.20. The SMILES string of the molecule is Cc1cc(Br)ccc1NC(=O)CNC(=O)CCc1c[nH]c2ccccc12. The van der Waals surface area contributed by atoms with E-state index in [-0.39, 0.29) is 18.4 Å². The maximum atomic E-state index is 12.0. The van der Waals surface area contributed by atoms with Gasteiger partial charge in [0.25, 0.3) is 0 Å². The molecule has 2 aromatic carbocycles. The van der Waals surface area contributed by atoms with Crippen LogP contribution in [0.1, 0.15) is 17.5 Å². The molecule has 3 rings (SSSR count). The number of anilines is 1. The minimum Gasteiger partial charge on any atom is -0.361 e. The van der Waals surface area contributed by atoms with E-state index in [4.69, 9.17) is 0 Å². The van der Waals surface area contributed by atoms with Gasteiger partial charge in [-0.3, -0.25) is 9.59 Å². The van der Waals surface area contributed by atoms with Crippen LogP contribution in [-0.4, -0.2) is 23.3 Å². The van der Waals surface area contributed by atoms with Crippen LogP contribution in [0.4, 0.5) is 5.69 Å². The molecule has 0 saturated heterocycles. The van der Waals surface area contributed by atoms with Crippen molar-refractivity contribution in [3.8, 4) is 0 Å². The number of aryl methyl sites for hydroxylation is 2. The molecule has 0 atom stereocenters. The number of nitrogens with one attached hydrogen (secondary N) is 3. The minimum atomic E-state index is -0.240. The summed E-state index contributed by atoms with van der Waals surface area (Å²) in [6.07, 6.45) is 2.90. The van der Waals surface area contributed by atoms with E-state index in [0.717, 1.165) is 32.2 Å². The van der Waals surface area contributed by atoms with Crippen molar-refractivity contribution < 1.29 is 9.59 Å². The number of carbonyl (C=O) groups is 2. The van der Waals surface area contributed by atoms with E-state index in [1.54, 1.807) is 0 Å². The first kappa shape index (κ1) is 18.2. The number of hydrogen-bond donors (Lipinski definition) is 3. The number of aromatic amines is 1. The lowest BCUT2D eigenvalue weighted by Crippen LogP contribution is -2.33. The molecule has 0 unspecified atom stereocenters. The zero-order chi connectivity index (χ0) is 18.5. The molecule has 1 aromatic heterocycles. The van der Waals surface area contributed by atoms with E-state index < -0.39 is 0 Å². The Morgan fingerprint density at radius 3 is 2.73 bits per heavy atom. The summed E-state index contributed by atoms with van der Waals surface area (Å²) in [5.74, 6) is -0.381. The van der Waals surface area contributed by atoms with E-state index in [0.29, 0.717) is 12.8 Å². The standard InChI is InChI=1S/C20H20BrN3O2/c1-13-10-15(21)7-8-17(13)24-20(26)12-23-19(25)9-6-14-11-22-18-5-3-2-4-16(14)18/h2-5,7-8,10-11,22H,6,9,12H2,1H3,(H,23,25)(H,24,26). The summed E-state index contributed by atoms with van der Waals surface area (Å²) >= 11 is 3.39. The molecule has 0 fully saturated rings. The van der Waals surface area contributed by atoms with Gasteiger partial charge in [-0.2, -0.15) is 0 Å². The van der Waals surface area contributed by atoms with Crippen molar-refractivity contribution in [2.75, 3.05) is 11.9 Å². The van der Waals surface area contributed by atoms with Crippen LogP contribution < -0.4 is 10.6 Å². The summed E-state index contributed by atoms with van der Waals surface area (Å²) in [5.41, 5.74) is 3.86. The first-order valence-electron chi connectivity index (χ1n) is 8.40. The van der Waals surface area contributed by atoms with Gasteiger partial charge in [0.05, 0.1) is 6.54 Å². The molecule has 1 heterocycles. The van der Waals surface area contributed by atoms with Crippen LogP contribution in [0.2, 0.25) is 0 Å². The highest BCUT2D eigenvalue weighted by Crippen LogP contribution is 2.20. The number of halogens is 1. The Labute approximate surface area is 160 Å². The van der Waals surface area contributed by atoms with Crippen molar-refractivity contribution in [2.45, 2.75) is 19.8 Å². The van der Waals surface area contributed by atoms with Crippen LogP contribution in [0.25, 0.3) is 10.9 Å². The molecule has 6 heteroatoms. The Bertz CT molecular complexity index is 949. The lowest BCUT2D eigenvalue weighted by molar-refractivity contribution is -0.124. The molecule has 0 saturated carbocycles. The molecule has 2 amide bonds. The summed E-state index contributed by atoms with van der Waals surface area (Å²) in [6, 6.07) is 13.6. The quantitative estimate of drug-likeness (QED) is 0.572. The normalized spacial score (nSPS) is 10.7. The highest BCUT2D eigenvalue weighted by atomic mass is 79.9. The molecule has 0 aliphatic heterocycles. The van der Waals surface area contributed by atoms with Gasteiger partial charge in [0.15, 0.2) is 0 Å². The zero-order valence-electron chi connectivity index (χ0n) is 14.4. The summed E-state index contributed by atoms with van der Waals surface area (Å²) in [6.45, 7) is 1.88. The van der Waals surface area contributed by atoms with Gasteiger partial charge in [-0.15, -0.1) is 0 Å². The van der Waals surface area contributed by atoms with Crippen molar-refractivity contribution >= 4 is 44.3 Å². The van der Waals surface area contributed by atoms with Crippen molar-refractivity contribution in [1.82, 2.24) is 10.3 Å². The zero-order valence-corrected chi connectivity index (χ0v) is 16.0. The number of hydrogen-bond acceptors (Lipinski definition) is 2. The molecular weight excluding hydrogens is 394 g/mol. The fraction of sp³-hybridized carbons (Fsp3) is 0.200. The number of benzene rings is 2. The topological polar surface area (TPSA) is 74.0 Å². The second kappa shape index (κ2) is 8.19. The van der Waals surface area contributed by atoms with E-state index in [9.17, 15) is 9.59 Å². The van der Waals surface area contributed by atoms with Crippen molar-refractivity contribution in [1.29, 1.82) is 0 Å². The molecule has 0 aliphatic carbocycles. The predicted octanol–water partition coefficient (Wildman–Crippen LogP) is 3.93. The third kappa shape index (κ3) is 4.52. The number of fused-ring (bicyclic) bond motifs is 1. The smallest absolute Gasteiger partial charge is 0.243 e. The fourth-order valence-corrected chi connectivity index (χ4v) is 3.29. The van der Waals surface area contributed by atoms with Crippen molar-refractivity contribution in [3.63, 3.8) is 0 Å². The van der Waals surface area contributed by atoms with Crippen LogP contribution in [0.15, 0.2) is 53.1 Å². The van der Waals surface area contributed by atoms with Gasteiger partial charge < -0.3 is 15.6 Å². The van der Waals surface area contributed by atoms with E-state index in [2.05, 4.69) is 31.5 Å². The molecule has 5 nitrogen and oxygen atoms in total. The molecule has 0 spiro atoms. The Kier molecular flexibility index (Phi) is 5.73. The Morgan fingerprint density at radius 2 is 1.92 bits per heavy atom. The summed E-state index contributed by atoms with van der Waals surface area (Å²) in [4.78, 5) is 27.3. The number of para-hydroxylation sites is 1. The van der Waals surface area contributed by atoms with Gasteiger partial charge in [-0.25, -0.2) is 0 Å². The third-order valence-corrected chi connectivity index (χ3v) is 4.70. The van der Waals surface area contributed by atoms with Crippen LogP contribution in [0.5, 0.6) is 0 Å². The van der Waals surface area contributed by atoms with Crippen molar-refractivity contribution in [3.05, 3.63) is 64.3 Å². The second-order valence-corrected chi connectivity index (χ2v) is 7.06. The summed E-state index contributed by atoms with van der Waals surface area (Å²) < 4.78 is 0.957. The minimum absolute atomic E-state index is 0.0395. The molecule has 3 aromatic rings. The molecule has 0 radical (unpaired) electrons. The van der Waals surface area contributed by atoms with Gasteiger partial charge in [-0.1, -0.05) is 34.1 Å². The maximum absolute atomic E-state index is 12.0. The lowest BCUT2D eigenvalue weighted by atomic mass is 10.1. The number of amides is 2. The van der Waals surface area contributed by atoms with Gasteiger partial charge in [-0.05, 0) is 48.7 Å². The van der Waals surface area contributed by atoms with Crippen molar-refractivity contribution in [2.24, 2.45) is 0 Å².